The highest BCUT2D eigenvalue weighted by Crippen LogP contribution is 2.31. The molecule has 142 valence electrons. The Bertz CT molecular complexity index is 521. The summed E-state index contributed by atoms with van der Waals surface area (Å²) in [6.07, 6.45) is 7.32. The van der Waals surface area contributed by atoms with Crippen LogP contribution in [0.2, 0.25) is 0 Å². The molecule has 0 unspecified atom stereocenters. The molecule has 0 saturated carbocycles. The lowest BCUT2D eigenvalue weighted by atomic mass is 9.81. The number of hydrogen-bond donors (Lipinski definition) is 1. The van der Waals surface area contributed by atoms with Gasteiger partial charge >= 0.3 is 0 Å². The number of rotatable bonds is 0. The van der Waals surface area contributed by atoms with Crippen LogP contribution in [0.15, 0.2) is 30.8 Å². The largest absolute Gasteiger partial charge is 0.388 e. The summed E-state index contributed by atoms with van der Waals surface area (Å²) in [5, 5.41) is 6.85. The Morgan fingerprint density at radius 3 is 2.68 bits per heavy atom. The molecule has 0 radical (unpaired) electrons. The van der Waals surface area contributed by atoms with Gasteiger partial charge in [-0.2, -0.15) is 0 Å². The molecule has 25 heavy (non-hydrogen) atoms. The number of anilines is 1. The first-order chi connectivity index (χ1) is 11.9. The number of hydrogen-bond acceptors (Lipinski definition) is 4. The second kappa shape index (κ2) is 10.6. The molecule has 2 rings (SSSR count). The van der Waals surface area contributed by atoms with Crippen LogP contribution >= 0.6 is 11.3 Å². The summed E-state index contributed by atoms with van der Waals surface area (Å²) in [7, 11) is 2.17. The fourth-order valence-electron chi connectivity index (χ4n) is 3.19. The number of nitrogens with zero attached hydrogens (tertiary/aromatic N) is 2. The van der Waals surface area contributed by atoms with Crippen molar-refractivity contribution >= 4 is 16.5 Å². The summed E-state index contributed by atoms with van der Waals surface area (Å²) in [4.78, 5) is 7.09. The van der Waals surface area contributed by atoms with Gasteiger partial charge < -0.3 is 10.2 Å². The van der Waals surface area contributed by atoms with Crippen molar-refractivity contribution in [2.75, 3.05) is 25.0 Å². The van der Waals surface area contributed by atoms with Crippen LogP contribution in [0, 0.1) is 11.3 Å². The van der Waals surface area contributed by atoms with Gasteiger partial charge in [-0.1, -0.05) is 33.8 Å². The second-order valence-corrected chi connectivity index (χ2v) is 8.64. The summed E-state index contributed by atoms with van der Waals surface area (Å²) in [6, 6.07) is 0. The maximum absolute atomic E-state index is 4.78. The number of fused-ring (bicyclic) bond motifs is 2. The molecular weight excluding hydrogens is 326 g/mol. The van der Waals surface area contributed by atoms with Crippen LogP contribution in [0.1, 0.15) is 58.6 Å². The van der Waals surface area contributed by atoms with Gasteiger partial charge in [-0.05, 0) is 37.0 Å². The minimum absolute atomic E-state index is 0.431. The lowest BCUT2D eigenvalue weighted by molar-refractivity contribution is 0.283. The molecule has 1 aromatic rings. The molecular formula is C21H37N3S. The molecule has 3 nitrogen and oxygen atoms in total. The first-order valence-corrected chi connectivity index (χ1v) is 10.3. The highest BCUT2D eigenvalue weighted by Gasteiger charge is 2.19. The van der Waals surface area contributed by atoms with Crippen LogP contribution in [0.5, 0.6) is 0 Å². The van der Waals surface area contributed by atoms with Gasteiger partial charge in [0.1, 0.15) is 0 Å². The van der Waals surface area contributed by atoms with E-state index in [1.807, 2.05) is 0 Å². The summed E-state index contributed by atoms with van der Waals surface area (Å²) in [5.74, 6) is 0.552. The number of nitrogens with one attached hydrogen (secondary N) is 1. The van der Waals surface area contributed by atoms with Gasteiger partial charge in [0.15, 0.2) is 5.13 Å². The normalized spacial score (nSPS) is 22.5. The third-order valence-corrected chi connectivity index (χ3v) is 6.04. The van der Waals surface area contributed by atoms with Gasteiger partial charge in [-0.15, -0.1) is 24.5 Å². The SMILES string of the molecule is C=C.C=C1NCCc2csc(n2)N(C)CCCC(C)(C)CCC[C@H]1C. The number of aromatic nitrogens is 1. The molecule has 0 saturated heterocycles. The monoisotopic (exact) mass is 363 g/mol. The quantitative estimate of drug-likeness (QED) is 0.603. The van der Waals surface area contributed by atoms with Crippen molar-refractivity contribution < 1.29 is 0 Å². The second-order valence-electron chi connectivity index (χ2n) is 7.81. The van der Waals surface area contributed by atoms with E-state index in [9.17, 15) is 0 Å². The fraction of sp³-hybridized carbons (Fsp3) is 0.667. The van der Waals surface area contributed by atoms with Gasteiger partial charge in [0.25, 0.3) is 0 Å². The minimum atomic E-state index is 0.431. The Kier molecular flexibility index (Phi) is 9.26. The molecule has 1 aliphatic heterocycles. The molecule has 0 amide bonds. The Balaban J connectivity index is 0.00000151. The average molecular weight is 364 g/mol. The van der Waals surface area contributed by atoms with Crippen molar-refractivity contribution in [2.24, 2.45) is 11.3 Å². The van der Waals surface area contributed by atoms with Crippen molar-refractivity contribution in [3.8, 4) is 0 Å². The first-order valence-electron chi connectivity index (χ1n) is 9.45. The smallest absolute Gasteiger partial charge is 0.185 e. The molecule has 1 aliphatic rings. The van der Waals surface area contributed by atoms with Crippen LogP contribution in [0.4, 0.5) is 5.13 Å². The van der Waals surface area contributed by atoms with Crippen molar-refractivity contribution in [2.45, 2.75) is 59.3 Å². The highest BCUT2D eigenvalue weighted by molar-refractivity contribution is 7.13. The van der Waals surface area contributed by atoms with Crippen molar-refractivity contribution in [1.82, 2.24) is 10.3 Å². The van der Waals surface area contributed by atoms with Crippen LogP contribution < -0.4 is 10.2 Å². The first kappa shape index (κ1) is 21.8. The molecule has 0 aromatic carbocycles. The van der Waals surface area contributed by atoms with E-state index >= 15 is 0 Å². The summed E-state index contributed by atoms with van der Waals surface area (Å²) in [5.41, 5.74) is 2.81. The predicted molar refractivity (Wildman–Crippen MR) is 114 cm³/mol. The van der Waals surface area contributed by atoms with Crippen LogP contribution in [0.3, 0.4) is 0 Å². The topological polar surface area (TPSA) is 28.2 Å². The fourth-order valence-corrected chi connectivity index (χ4v) is 4.04. The molecule has 0 fully saturated rings. The molecule has 1 aromatic heterocycles. The lowest BCUT2D eigenvalue weighted by Gasteiger charge is -2.27. The molecule has 2 heterocycles. The van der Waals surface area contributed by atoms with Gasteiger partial charge in [0, 0.05) is 37.6 Å². The zero-order chi connectivity index (χ0) is 18.9. The molecule has 0 aliphatic carbocycles. The third-order valence-electron chi connectivity index (χ3n) is 5.03. The van der Waals surface area contributed by atoms with E-state index in [0.717, 1.165) is 24.6 Å². The summed E-state index contributed by atoms with van der Waals surface area (Å²) in [6.45, 7) is 19.4. The zero-order valence-electron chi connectivity index (χ0n) is 16.7. The third kappa shape index (κ3) is 7.64. The van der Waals surface area contributed by atoms with Crippen LogP contribution in [0.25, 0.3) is 0 Å². The molecule has 1 atom stereocenters. The Labute approximate surface area is 159 Å². The average Bonchev–Trinajstić information content (AvgIpc) is 3.04. The van der Waals surface area contributed by atoms with Gasteiger partial charge in [0.2, 0.25) is 0 Å². The number of thiazole rings is 1. The molecule has 4 heteroatoms. The molecule has 1 N–H and O–H groups in total. The number of allylic oxidation sites excluding steroid dienone is 1. The standard InChI is InChI=1S/C19H33N3S.C2H4/c1-15-8-6-10-19(3,4)11-7-13-22(5)18-21-17(14-23-18)9-12-20-16(15)2;1-2/h14-15,20H,2,6-13H2,1,3-5H3;1-2H2/t15-;/m1./s1. The van der Waals surface area contributed by atoms with E-state index in [-0.39, 0.29) is 0 Å². The van der Waals surface area contributed by atoms with E-state index in [1.54, 1.807) is 11.3 Å². The van der Waals surface area contributed by atoms with Crippen LogP contribution in [-0.4, -0.2) is 25.1 Å². The Morgan fingerprint density at radius 1 is 1.28 bits per heavy atom. The molecule has 0 spiro atoms. The zero-order valence-corrected chi connectivity index (χ0v) is 17.6. The minimum Gasteiger partial charge on any atom is -0.388 e. The van der Waals surface area contributed by atoms with E-state index in [1.165, 1.54) is 43.5 Å². The Morgan fingerprint density at radius 2 is 1.96 bits per heavy atom. The van der Waals surface area contributed by atoms with E-state index in [2.05, 4.69) is 63.2 Å². The van der Waals surface area contributed by atoms with E-state index < -0.39 is 0 Å². The Hall–Kier alpha value is -1.29. The maximum Gasteiger partial charge on any atom is 0.185 e. The highest BCUT2D eigenvalue weighted by atomic mass is 32.1. The van der Waals surface area contributed by atoms with Crippen molar-refractivity contribution in [3.05, 3.63) is 36.5 Å². The van der Waals surface area contributed by atoms with E-state index in [4.69, 9.17) is 4.98 Å². The van der Waals surface area contributed by atoms with Crippen molar-refractivity contribution in [1.29, 1.82) is 0 Å². The van der Waals surface area contributed by atoms with Gasteiger partial charge in [-0.25, -0.2) is 4.98 Å². The van der Waals surface area contributed by atoms with Crippen LogP contribution in [-0.2, 0) is 6.42 Å². The molecule has 2 bridgehead atoms. The predicted octanol–water partition coefficient (Wildman–Crippen LogP) is 5.65. The maximum atomic E-state index is 4.78. The summed E-state index contributed by atoms with van der Waals surface area (Å²) < 4.78 is 0. The van der Waals surface area contributed by atoms with Gasteiger partial charge in [-0.3, -0.25) is 0 Å². The van der Waals surface area contributed by atoms with E-state index in [0.29, 0.717) is 11.3 Å². The lowest BCUT2D eigenvalue weighted by Crippen LogP contribution is -2.23. The van der Waals surface area contributed by atoms with Crippen molar-refractivity contribution in [3.63, 3.8) is 0 Å². The summed E-state index contributed by atoms with van der Waals surface area (Å²) >= 11 is 1.76. The van der Waals surface area contributed by atoms with Gasteiger partial charge in [0.05, 0.1) is 5.69 Å².